The molecule has 0 aromatic rings. The predicted molar refractivity (Wildman–Crippen MR) is 161 cm³/mol. The number of hydrogen-bond donors (Lipinski definition) is 1. The molecule has 0 aliphatic heterocycles. The van der Waals surface area contributed by atoms with Crippen molar-refractivity contribution < 1.29 is 17.8 Å². The summed E-state index contributed by atoms with van der Waals surface area (Å²) in [7, 11) is -4.59. The molecule has 220 valence electrons. The fraction of sp³-hybridized carbons (Fsp3) is 0.906. The third-order valence-corrected chi connectivity index (χ3v) is 8.40. The van der Waals surface area contributed by atoms with E-state index in [1.807, 2.05) is 0 Å². The molecule has 0 aliphatic rings. The van der Waals surface area contributed by atoms with Crippen molar-refractivity contribution in [2.24, 2.45) is 5.92 Å². The molecule has 0 fully saturated rings. The summed E-state index contributed by atoms with van der Waals surface area (Å²) in [5, 5.41) is -0.965. The number of unbranched alkanes of at least 4 members (excludes halogenated alkanes) is 21. The number of carbonyl (C=O) groups is 1. The molecule has 1 N–H and O–H groups in total. The van der Waals surface area contributed by atoms with Gasteiger partial charge in [-0.1, -0.05) is 154 Å². The second kappa shape index (κ2) is 26.9. The van der Waals surface area contributed by atoms with Crippen LogP contribution in [0.5, 0.6) is 0 Å². The van der Waals surface area contributed by atoms with E-state index in [0.717, 1.165) is 51.4 Å². The van der Waals surface area contributed by atoms with E-state index in [-0.39, 0.29) is 0 Å². The predicted octanol–water partition coefficient (Wildman–Crippen LogP) is 10.8. The summed E-state index contributed by atoms with van der Waals surface area (Å²) in [4.78, 5) is 12.2. The number of hydrogen-bond acceptors (Lipinski definition) is 3. The van der Waals surface area contributed by atoms with E-state index in [4.69, 9.17) is 0 Å². The molecule has 0 saturated heterocycles. The van der Waals surface area contributed by atoms with Crippen molar-refractivity contribution in [1.29, 1.82) is 0 Å². The summed E-state index contributed by atoms with van der Waals surface area (Å²) >= 11 is 0. The normalized spacial score (nSPS) is 12.9. The Bertz CT molecular complexity index is 627. The van der Waals surface area contributed by atoms with Gasteiger partial charge in [0.2, 0.25) is 0 Å². The standard InChI is InChI=1S/C32H62O4S/c1-3-5-7-9-11-13-15-17-18-20-22-24-26-28-30-31(32(33)37(34,35)36)29-27-25-23-21-19-16-14-12-10-8-6-4-2/h17-18,31H,3-16,19-30H2,1-2H3,(H,34,35,36). The van der Waals surface area contributed by atoms with Gasteiger partial charge in [-0.2, -0.15) is 8.42 Å². The smallest absolute Gasteiger partial charge is 0.280 e. The average Bonchev–Trinajstić information content (AvgIpc) is 2.87. The van der Waals surface area contributed by atoms with Gasteiger partial charge in [0.1, 0.15) is 0 Å². The molecule has 0 radical (unpaired) electrons. The van der Waals surface area contributed by atoms with Crippen LogP contribution in [0.25, 0.3) is 0 Å². The van der Waals surface area contributed by atoms with Gasteiger partial charge in [-0.15, -0.1) is 0 Å². The molecule has 0 aromatic heterocycles. The van der Waals surface area contributed by atoms with Gasteiger partial charge in [0.15, 0.2) is 0 Å². The van der Waals surface area contributed by atoms with E-state index in [1.165, 1.54) is 103 Å². The van der Waals surface area contributed by atoms with Crippen LogP contribution in [0, 0.1) is 5.92 Å². The summed E-state index contributed by atoms with van der Waals surface area (Å²) in [6, 6.07) is 0. The average molecular weight is 543 g/mol. The van der Waals surface area contributed by atoms with E-state index in [9.17, 15) is 17.8 Å². The summed E-state index contributed by atoms with van der Waals surface area (Å²) in [5.74, 6) is -0.546. The van der Waals surface area contributed by atoms with E-state index < -0.39 is 21.2 Å². The van der Waals surface area contributed by atoms with Crippen LogP contribution in [0.2, 0.25) is 0 Å². The summed E-state index contributed by atoms with van der Waals surface area (Å²) in [5.41, 5.74) is 0. The minimum atomic E-state index is -4.59. The van der Waals surface area contributed by atoms with Crippen LogP contribution in [-0.2, 0) is 14.9 Å². The maximum absolute atomic E-state index is 12.2. The quantitative estimate of drug-likeness (QED) is 0.0606. The summed E-state index contributed by atoms with van der Waals surface area (Å²) < 4.78 is 32.2. The lowest BCUT2D eigenvalue weighted by Crippen LogP contribution is -2.23. The SMILES string of the molecule is CCCCCCCCC=CCCCCCCC(CCCCCCCCCCCCCC)C(=O)S(=O)(=O)O. The molecule has 0 aliphatic carbocycles. The first-order chi connectivity index (χ1) is 17.9. The number of allylic oxidation sites excluding steroid dienone is 2. The van der Waals surface area contributed by atoms with Crippen molar-refractivity contribution in [2.75, 3.05) is 0 Å². The molecule has 0 aromatic carbocycles. The summed E-state index contributed by atoms with van der Waals surface area (Å²) in [6.45, 7) is 4.50. The molecule has 0 spiro atoms. The molecule has 37 heavy (non-hydrogen) atoms. The molecular formula is C32H62O4S. The van der Waals surface area contributed by atoms with Gasteiger partial charge in [0.05, 0.1) is 0 Å². The Kier molecular flexibility index (Phi) is 26.4. The zero-order valence-electron chi connectivity index (χ0n) is 24.7. The van der Waals surface area contributed by atoms with E-state index in [2.05, 4.69) is 26.0 Å². The van der Waals surface area contributed by atoms with Gasteiger partial charge in [0.25, 0.3) is 5.12 Å². The highest BCUT2D eigenvalue weighted by atomic mass is 32.2. The third kappa shape index (κ3) is 25.4. The Morgan fingerprint density at radius 2 is 0.838 bits per heavy atom. The Balaban J connectivity index is 3.86. The topological polar surface area (TPSA) is 71.4 Å². The van der Waals surface area contributed by atoms with Crippen LogP contribution < -0.4 is 0 Å². The van der Waals surface area contributed by atoms with Crippen LogP contribution in [0.3, 0.4) is 0 Å². The Morgan fingerprint density at radius 3 is 1.16 bits per heavy atom. The third-order valence-electron chi connectivity index (χ3n) is 7.56. The van der Waals surface area contributed by atoms with Crippen molar-refractivity contribution in [3.63, 3.8) is 0 Å². The largest absolute Gasteiger partial charge is 0.329 e. The minimum absolute atomic E-state index is 0.546. The molecule has 1 atom stereocenters. The number of carbonyl (C=O) groups excluding carboxylic acids is 1. The van der Waals surface area contributed by atoms with Gasteiger partial charge >= 0.3 is 10.1 Å². The van der Waals surface area contributed by atoms with Crippen LogP contribution in [0.1, 0.15) is 181 Å². The van der Waals surface area contributed by atoms with Crippen molar-refractivity contribution in [1.82, 2.24) is 0 Å². The maximum atomic E-state index is 12.2. The molecule has 0 rings (SSSR count). The van der Waals surface area contributed by atoms with Crippen molar-refractivity contribution >= 4 is 15.2 Å². The lowest BCUT2D eigenvalue weighted by molar-refractivity contribution is -0.116. The Hall–Kier alpha value is -0.680. The maximum Gasteiger partial charge on any atom is 0.329 e. The fourth-order valence-corrected chi connectivity index (χ4v) is 5.76. The Morgan fingerprint density at radius 1 is 0.541 bits per heavy atom. The van der Waals surface area contributed by atoms with Gasteiger partial charge in [-0.05, 0) is 38.5 Å². The van der Waals surface area contributed by atoms with Crippen molar-refractivity contribution in [3.8, 4) is 0 Å². The van der Waals surface area contributed by atoms with Crippen LogP contribution in [-0.4, -0.2) is 18.1 Å². The van der Waals surface area contributed by atoms with Crippen molar-refractivity contribution in [2.45, 2.75) is 181 Å². The molecule has 0 saturated carbocycles. The van der Waals surface area contributed by atoms with Gasteiger partial charge in [0, 0.05) is 5.92 Å². The first kappa shape index (κ1) is 36.3. The van der Waals surface area contributed by atoms with Crippen molar-refractivity contribution in [3.05, 3.63) is 12.2 Å². The Labute approximate surface area is 231 Å². The van der Waals surface area contributed by atoms with Gasteiger partial charge in [-0.3, -0.25) is 9.35 Å². The first-order valence-corrected chi connectivity index (χ1v) is 17.5. The molecule has 0 bridgehead atoms. The van der Waals surface area contributed by atoms with E-state index in [0.29, 0.717) is 12.8 Å². The molecule has 1 unspecified atom stereocenters. The second-order valence-corrected chi connectivity index (χ2v) is 12.5. The molecule has 0 heterocycles. The van der Waals surface area contributed by atoms with Gasteiger partial charge in [-0.25, -0.2) is 0 Å². The molecular weight excluding hydrogens is 480 g/mol. The zero-order valence-corrected chi connectivity index (χ0v) is 25.5. The summed E-state index contributed by atoms with van der Waals surface area (Å²) in [6.07, 6.45) is 35.1. The first-order valence-electron chi connectivity index (χ1n) is 16.1. The highest BCUT2D eigenvalue weighted by molar-refractivity contribution is 8.01. The van der Waals surface area contributed by atoms with Crippen LogP contribution in [0.4, 0.5) is 0 Å². The fourth-order valence-electron chi connectivity index (χ4n) is 5.11. The highest BCUT2D eigenvalue weighted by Crippen LogP contribution is 2.22. The van der Waals surface area contributed by atoms with E-state index >= 15 is 0 Å². The monoisotopic (exact) mass is 542 g/mol. The van der Waals surface area contributed by atoms with Crippen LogP contribution >= 0.6 is 0 Å². The van der Waals surface area contributed by atoms with Gasteiger partial charge < -0.3 is 0 Å². The minimum Gasteiger partial charge on any atom is -0.280 e. The highest BCUT2D eigenvalue weighted by Gasteiger charge is 2.28. The van der Waals surface area contributed by atoms with Crippen LogP contribution in [0.15, 0.2) is 12.2 Å². The zero-order chi connectivity index (χ0) is 27.5. The number of rotatable bonds is 28. The lowest BCUT2D eigenvalue weighted by atomic mass is 9.95. The molecule has 0 amide bonds. The lowest BCUT2D eigenvalue weighted by Gasteiger charge is -2.14. The molecule has 5 heteroatoms. The molecule has 4 nitrogen and oxygen atoms in total. The second-order valence-electron chi connectivity index (χ2n) is 11.2. The van der Waals surface area contributed by atoms with E-state index in [1.54, 1.807) is 0 Å².